The molecule has 4 fully saturated rings. The third-order valence-corrected chi connectivity index (χ3v) is 10.8. The molecule has 1 aromatic rings. The number of esters is 4. The van der Waals surface area contributed by atoms with Crippen molar-refractivity contribution in [2.45, 2.75) is 90.4 Å². The first-order chi connectivity index (χ1) is 22.0. The maximum Gasteiger partial charge on any atom is 0.337 e. The van der Waals surface area contributed by atoms with Gasteiger partial charge in [0.05, 0.1) is 24.9 Å². The second-order valence-electron chi connectivity index (χ2n) is 13.4. The van der Waals surface area contributed by atoms with Crippen molar-refractivity contribution in [1.82, 2.24) is 0 Å². The summed E-state index contributed by atoms with van der Waals surface area (Å²) in [5, 5.41) is 0. The van der Waals surface area contributed by atoms with Crippen molar-refractivity contribution in [2.24, 2.45) is 22.7 Å². The summed E-state index contributed by atoms with van der Waals surface area (Å²) in [5.74, 6) is -0.855. The molecule has 10 heteroatoms. The fourth-order valence-electron chi connectivity index (χ4n) is 8.16. The first-order valence-corrected chi connectivity index (χ1v) is 16.4. The van der Waals surface area contributed by atoms with Crippen LogP contribution in [0.1, 0.15) is 78.2 Å². The lowest BCUT2D eigenvalue weighted by molar-refractivity contribution is -0.203. The molecule has 1 aromatic carbocycles. The zero-order valence-corrected chi connectivity index (χ0v) is 27.5. The van der Waals surface area contributed by atoms with E-state index >= 15 is 0 Å². The van der Waals surface area contributed by atoms with Crippen LogP contribution in [0, 0.1) is 22.7 Å². The van der Waals surface area contributed by atoms with Gasteiger partial charge in [0.2, 0.25) is 0 Å². The lowest BCUT2D eigenvalue weighted by Crippen LogP contribution is -2.61. The van der Waals surface area contributed by atoms with Crippen LogP contribution in [0.5, 0.6) is 5.75 Å². The van der Waals surface area contributed by atoms with E-state index in [0.717, 1.165) is 24.8 Å². The predicted molar refractivity (Wildman–Crippen MR) is 167 cm³/mol. The van der Waals surface area contributed by atoms with Crippen LogP contribution >= 0.6 is 0 Å². The van der Waals surface area contributed by atoms with Crippen molar-refractivity contribution >= 4 is 30.0 Å². The molecule has 0 N–H and O–H groups in total. The maximum atomic E-state index is 12.8. The summed E-state index contributed by atoms with van der Waals surface area (Å²) in [6.45, 7) is 8.63. The minimum atomic E-state index is -0.818. The van der Waals surface area contributed by atoms with Crippen LogP contribution < -0.4 is 4.74 Å². The SMILES string of the molecule is CCC(=O)OC[C@@]1(C)[C@H]2CC[C@@]3(CO3)[C@@H](C/C=C3/C(=O)OC[C@H]3OC(=O)/C=C/c3cccc(OC)c3)[C@]2(C)CC[C@H]1OC(=O)CC. The van der Waals surface area contributed by atoms with Gasteiger partial charge in [-0.05, 0) is 73.1 Å². The number of benzene rings is 1. The maximum absolute atomic E-state index is 12.8. The summed E-state index contributed by atoms with van der Waals surface area (Å²) in [7, 11) is 1.57. The van der Waals surface area contributed by atoms with Crippen LogP contribution in [0.15, 0.2) is 42.0 Å². The van der Waals surface area contributed by atoms with Gasteiger partial charge in [0, 0.05) is 24.3 Å². The van der Waals surface area contributed by atoms with Gasteiger partial charge in [0.25, 0.3) is 0 Å². The van der Waals surface area contributed by atoms with Gasteiger partial charge in [-0.25, -0.2) is 9.59 Å². The number of carbonyl (C=O) groups is 4. The third-order valence-electron chi connectivity index (χ3n) is 10.8. The smallest absolute Gasteiger partial charge is 0.337 e. The average Bonchev–Trinajstić information content (AvgIpc) is 3.74. The number of rotatable bonds is 11. The summed E-state index contributed by atoms with van der Waals surface area (Å²) in [4.78, 5) is 50.3. The number of fused-ring (bicyclic) bond motifs is 1. The summed E-state index contributed by atoms with van der Waals surface area (Å²) < 4.78 is 34.1. The van der Waals surface area contributed by atoms with Crippen LogP contribution in [0.4, 0.5) is 0 Å². The number of methoxy groups -OCH3 is 1. The second kappa shape index (κ2) is 13.6. The van der Waals surface area contributed by atoms with E-state index in [0.29, 0.717) is 30.8 Å². The number of epoxide rings is 1. The van der Waals surface area contributed by atoms with E-state index in [-0.39, 0.29) is 66.9 Å². The molecule has 2 saturated heterocycles. The molecule has 2 saturated carbocycles. The van der Waals surface area contributed by atoms with Crippen LogP contribution in [0.2, 0.25) is 0 Å². The molecule has 2 aliphatic heterocycles. The van der Waals surface area contributed by atoms with Gasteiger partial charge in [-0.1, -0.05) is 45.9 Å². The molecule has 250 valence electrons. The number of ether oxygens (including phenoxy) is 6. The molecule has 1 spiro atoms. The molecule has 0 aromatic heterocycles. The van der Waals surface area contributed by atoms with Crippen LogP contribution in [-0.2, 0) is 42.9 Å². The standard InChI is InChI=1S/C36H46O10/c1-6-30(37)43-21-35(4)27-15-18-36(22-44-36)28(34(27,3)17-16-29(35)46-31(38)7-2)13-12-25-26(20-42-33(25)40)45-32(39)14-11-23-9-8-10-24(19-23)41-5/h8-12,14,19,26-29H,6-7,13,15-18,20-22H2,1-5H3/b14-11+,25-12+/t26-,27+,28+,29-,34-,35+,36-/m1/s1. The van der Waals surface area contributed by atoms with Gasteiger partial charge in [-0.3, -0.25) is 9.59 Å². The highest BCUT2D eigenvalue weighted by atomic mass is 16.6. The van der Waals surface area contributed by atoms with E-state index in [4.69, 9.17) is 28.4 Å². The molecule has 46 heavy (non-hydrogen) atoms. The summed E-state index contributed by atoms with van der Waals surface area (Å²) >= 11 is 0. The summed E-state index contributed by atoms with van der Waals surface area (Å²) in [5.41, 5.74) is -0.0669. The van der Waals surface area contributed by atoms with E-state index in [1.54, 1.807) is 33.1 Å². The zero-order valence-electron chi connectivity index (χ0n) is 27.5. The summed E-state index contributed by atoms with van der Waals surface area (Å²) in [6.07, 6.45) is 7.74. The number of hydrogen-bond donors (Lipinski definition) is 0. The summed E-state index contributed by atoms with van der Waals surface area (Å²) in [6, 6.07) is 7.28. The van der Waals surface area contributed by atoms with Gasteiger partial charge >= 0.3 is 23.9 Å². The van der Waals surface area contributed by atoms with Crippen molar-refractivity contribution in [3.05, 3.63) is 47.6 Å². The lowest BCUT2D eigenvalue weighted by Gasteiger charge is -2.61. The molecule has 7 atom stereocenters. The van der Waals surface area contributed by atoms with E-state index in [2.05, 4.69) is 13.8 Å². The van der Waals surface area contributed by atoms with Crippen LogP contribution in [0.3, 0.4) is 0 Å². The Bertz CT molecular complexity index is 1390. The highest BCUT2D eigenvalue weighted by molar-refractivity contribution is 5.93. The second-order valence-corrected chi connectivity index (χ2v) is 13.4. The van der Waals surface area contributed by atoms with Crippen molar-refractivity contribution in [2.75, 3.05) is 26.9 Å². The molecule has 0 unspecified atom stereocenters. The van der Waals surface area contributed by atoms with Crippen molar-refractivity contribution in [1.29, 1.82) is 0 Å². The van der Waals surface area contributed by atoms with Gasteiger partial charge in [-0.15, -0.1) is 0 Å². The Labute approximate surface area is 270 Å². The molecule has 4 aliphatic rings. The fraction of sp³-hybridized carbons (Fsp3) is 0.611. The van der Waals surface area contributed by atoms with Crippen LogP contribution in [-0.4, -0.2) is 68.6 Å². The van der Waals surface area contributed by atoms with Gasteiger partial charge in [0.15, 0.2) is 6.10 Å². The van der Waals surface area contributed by atoms with E-state index in [1.165, 1.54) is 6.08 Å². The van der Waals surface area contributed by atoms with Crippen molar-refractivity contribution < 1.29 is 47.6 Å². The highest BCUT2D eigenvalue weighted by Gasteiger charge is 2.67. The lowest BCUT2D eigenvalue weighted by atomic mass is 9.45. The average molecular weight is 639 g/mol. The number of carbonyl (C=O) groups excluding carboxylic acids is 4. The van der Waals surface area contributed by atoms with Gasteiger partial charge < -0.3 is 28.4 Å². The topological polar surface area (TPSA) is 127 Å². The molecule has 2 heterocycles. The van der Waals surface area contributed by atoms with Crippen LogP contribution in [0.25, 0.3) is 6.08 Å². The van der Waals surface area contributed by atoms with Gasteiger partial charge in [-0.2, -0.15) is 0 Å². The molecule has 2 aliphatic carbocycles. The number of hydrogen-bond acceptors (Lipinski definition) is 10. The van der Waals surface area contributed by atoms with E-state index in [1.807, 2.05) is 24.3 Å². The largest absolute Gasteiger partial charge is 0.497 e. The molecule has 0 radical (unpaired) electrons. The zero-order chi connectivity index (χ0) is 33.1. The number of allylic oxidation sites excluding steroid dienone is 1. The Kier molecular flexibility index (Phi) is 9.96. The molecular formula is C36H46O10. The fourth-order valence-corrected chi connectivity index (χ4v) is 8.16. The minimum absolute atomic E-state index is 0.0352. The minimum Gasteiger partial charge on any atom is -0.497 e. The monoisotopic (exact) mass is 638 g/mol. The molecular weight excluding hydrogens is 592 g/mol. The molecule has 10 nitrogen and oxygen atoms in total. The first kappa shape index (κ1) is 33.7. The quantitative estimate of drug-likeness (QED) is 0.135. The normalized spacial score (nSPS) is 34.2. The Morgan fingerprint density at radius 3 is 2.50 bits per heavy atom. The van der Waals surface area contributed by atoms with E-state index in [9.17, 15) is 19.2 Å². The highest BCUT2D eigenvalue weighted by Crippen LogP contribution is 2.66. The van der Waals surface area contributed by atoms with Crippen molar-refractivity contribution in [3.8, 4) is 5.75 Å². The van der Waals surface area contributed by atoms with E-state index < -0.39 is 23.5 Å². The first-order valence-electron chi connectivity index (χ1n) is 16.4. The third kappa shape index (κ3) is 6.73. The Morgan fingerprint density at radius 1 is 1.04 bits per heavy atom. The van der Waals surface area contributed by atoms with Gasteiger partial charge in [0.1, 0.15) is 25.1 Å². The Hall–Kier alpha value is -3.66. The Balaban J connectivity index is 1.35. The van der Waals surface area contributed by atoms with Crippen molar-refractivity contribution in [3.63, 3.8) is 0 Å². The molecule has 0 amide bonds. The predicted octanol–water partition coefficient (Wildman–Crippen LogP) is 5.37. The number of cyclic esters (lactones) is 1. The molecule has 5 rings (SSSR count). The molecule has 0 bridgehead atoms. The Morgan fingerprint density at radius 2 is 1.80 bits per heavy atom.